The third kappa shape index (κ3) is 4.61. The summed E-state index contributed by atoms with van der Waals surface area (Å²) in [6.45, 7) is 2.28. The Morgan fingerprint density at radius 3 is 2.35 bits per heavy atom. The first-order valence-electron chi connectivity index (χ1n) is 6.65. The molecule has 112 valence electrons. The number of amides is 1. The molecule has 0 bridgehead atoms. The van der Waals surface area contributed by atoms with Crippen molar-refractivity contribution < 1.29 is 13.2 Å². The molecule has 0 aliphatic heterocycles. The molecule has 6 heteroatoms. The molecular formula is C14H22N2O3S. The van der Waals surface area contributed by atoms with Crippen molar-refractivity contribution in [2.24, 2.45) is 0 Å². The second-order valence-corrected chi connectivity index (χ2v) is 6.90. The highest BCUT2D eigenvalue weighted by atomic mass is 32.2. The van der Waals surface area contributed by atoms with Crippen LogP contribution in [-0.2, 0) is 16.6 Å². The lowest BCUT2D eigenvalue weighted by molar-refractivity contribution is 0.0963. The van der Waals surface area contributed by atoms with Crippen molar-refractivity contribution >= 4 is 15.9 Å². The van der Waals surface area contributed by atoms with Crippen molar-refractivity contribution in [3.8, 4) is 0 Å². The molecule has 0 aromatic heterocycles. The summed E-state index contributed by atoms with van der Waals surface area (Å²) in [5, 5.41) is 2.54. The molecule has 1 rings (SSSR count). The molecule has 0 aliphatic carbocycles. The van der Waals surface area contributed by atoms with Crippen molar-refractivity contribution in [1.29, 1.82) is 0 Å². The van der Waals surface area contributed by atoms with Gasteiger partial charge in [-0.15, -0.1) is 0 Å². The van der Waals surface area contributed by atoms with E-state index in [1.165, 1.54) is 4.31 Å². The maximum absolute atomic E-state index is 12.0. The third-order valence-corrected chi connectivity index (χ3v) is 4.96. The fraction of sp³-hybridized carbons (Fsp3) is 0.500. The highest BCUT2D eigenvalue weighted by Gasteiger charge is 2.17. The highest BCUT2D eigenvalue weighted by Crippen LogP contribution is 2.10. The Labute approximate surface area is 121 Å². The molecule has 0 heterocycles. The monoisotopic (exact) mass is 298 g/mol. The Balaban J connectivity index is 2.71. The number of nitrogens with one attached hydrogen (secondary N) is 1. The van der Waals surface area contributed by atoms with Crippen LogP contribution in [0.15, 0.2) is 24.3 Å². The van der Waals surface area contributed by atoms with E-state index >= 15 is 0 Å². The summed E-state index contributed by atoms with van der Waals surface area (Å²) in [5.74, 6) is 0.0246. The van der Waals surface area contributed by atoms with E-state index < -0.39 is 10.0 Å². The molecule has 0 saturated heterocycles. The van der Waals surface area contributed by atoms with Crippen LogP contribution in [0.1, 0.15) is 35.7 Å². The average molecular weight is 298 g/mol. The molecule has 0 atom stereocenters. The third-order valence-electron chi connectivity index (χ3n) is 3.08. The second kappa shape index (κ2) is 7.40. The van der Waals surface area contributed by atoms with Gasteiger partial charge >= 0.3 is 0 Å². The number of nitrogens with zero attached hydrogens (tertiary/aromatic N) is 1. The first kappa shape index (κ1) is 16.7. The second-order valence-electron chi connectivity index (χ2n) is 4.70. The Morgan fingerprint density at radius 1 is 1.25 bits per heavy atom. The van der Waals surface area contributed by atoms with E-state index in [0.29, 0.717) is 18.5 Å². The summed E-state index contributed by atoms with van der Waals surface area (Å²) < 4.78 is 25.3. The zero-order valence-electron chi connectivity index (χ0n) is 12.2. The lowest BCUT2D eigenvalue weighted by atomic mass is 10.1. The van der Waals surface area contributed by atoms with Gasteiger partial charge in [-0.3, -0.25) is 4.79 Å². The molecule has 5 nitrogen and oxygen atoms in total. The van der Waals surface area contributed by atoms with E-state index in [1.54, 1.807) is 38.4 Å². The molecule has 0 radical (unpaired) electrons. The molecule has 0 unspecified atom stereocenters. The van der Waals surface area contributed by atoms with Gasteiger partial charge in [0.2, 0.25) is 10.0 Å². The van der Waals surface area contributed by atoms with Crippen molar-refractivity contribution in [3.63, 3.8) is 0 Å². The Morgan fingerprint density at radius 2 is 1.85 bits per heavy atom. The van der Waals surface area contributed by atoms with E-state index in [-0.39, 0.29) is 11.7 Å². The fourth-order valence-electron chi connectivity index (χ4n) is 1.74. The summed E-state index contributed by atoms with van der Waals surface area (Å²) >= 11 is 0. The Hall–Kier alpha value is -1.40. The van der Waals surface area contributed by atoms with Crippen LogP contribution in [0.5, 0.6) is 0 Å². The van der Waals surface area contributed by atoms with Crippen molar-refractivity contribution in [2.75, 3.05) is 19.8 Å². The lowest BCUT2D eigenvalue weighted by Gasteiger charge is -2.17. The number of carbonyl (C=O) groups excluding carboxylic acids is 1. The normalized spacial score (nSPS) is 11.6. The van der Waals surface area contributed by atoms with Gasteiger partial charge in [-0.2, -0.15) is 0 Å². The van der Waals surface area contributed by atoms with Gasteiger partial charge in [0.25, 0.3) is 5.91 Å². The predicted molar refractivity (Wildman–Crippen MR) is 80.0 cm³/mol. The van der Waals surface area contributed by atoms with Crippen LogP contribution in [0, 0.1) is 0 Å². The van der Waals surface area contributed by atoms with Crippen LogP contribution < -0.4 is 5.32 Å². The van der Waals surface area contributed by atoms with Gasteiger partial charge in [0, 0.05) is 26.2 Å². The zero-order chi connectivity index (χ0) is 15.2. The molecule has 0 saturated carbocycles. The van der Waals surface area contributed by atoms with Crippen molar-refractivity contribution in [2.45, 2.75) is 26.3 Å². The summed E-state index contributed by atoms with van der Waals surface area (Å²) in [7, 11) is -0.0429. The van der Waals surface area contributed by atoms with Crippen LogP contribution >= 0.6 is 0 Å². The van der Waals surface area contributed by atoms with E-state index in [4.69, 9.17) is 0 Å². The summed E-state index contributed by atoms with van der Waals surface area (Å²) in [6, 6.07) is 6.94. The fourth-order valence-corrected chi connectivity index (χ4v) is 3.05. The molecule has 20 heavy (non-hydrogen) atoms. The number of benzene rings is 1. The van der Waals surface area contributed by atoms with Gasteiger partial charge in [-0.1, -0.05) is 25.5 Å². The van der Waals surface area contributed by atoms with Crippen molar-refractivity contribution in [1.82, 2.24) is 9.62 Å². The van der Waals surface area contributed by atoms with E-state index in [9.17, 15) is 13.2 Å². The van der Waals surface area contributed by atoms with E-state index in [2.05, 4.69) is 5.32 Å². The number of hydrogen-bond donors (Lipinski definition) is 1. The highest BCUT2D eigenvalue weighted by molar-refractivity contribution is 7.89. The minimum absolute atomic E-state index is 0.152. The zero-order valence-corrected chi connectivity index (χ0v) is 13.0. The van der Waals surface area contributed by atoms with Gasteiger partial charge in [-0.05, 0) is 24.1 Å². The van der Waals surface area contributed by atoms with Crippen LogP contribution in [0.25, 0.3) is 0 Å². The number of sulfonamides is 1. The van der Waals surface area contributed by atoms with E-state index in [0.717, 1.165) is 12.0 Å². The maximum atomic E-state index is 12.0. The topological polar surface area (TPSA) is 66.5 Å². The summed E-state index contributed by atoms with van der Waals surface area (Å²) in [5.41, 5.74) is 1.42. The standard InChI is InChI=1S/C14H22N2O3S/c1-4-5-10-20(18,19)16(3)11-12-6-8-13(9-7-12)14(17)15-2/h6-9H,4-5,10-11H2,1-3H3,(H,15,17). The van der Waals surface area contributed by atoms with Crippen LogP contribution in [0.2, 0.25) is 0 Å². The minimum atomic E-state index is -3.20. The average Bonchev–Trinajstić information content (AvgIpc) is 2.45. The molecule has 0 fully saturated rings. The minimum Gasteiger partial charge on any atom is -0.355 e. The van der Waals surface area contributed by atoms with Gasteiger partial charge < -0.3 is 5.32 Å². The van der Waals surface area contributed by atoms with Gasteiger partial charge in [0.15, 0.2) is 0 Å². The first-order valence-corrected chi connectivity index (χ1v) is 8.26. The molecule has 1 amide bonds. The molecule has 0 spiro atoms. The van der Waals surface area contributed by atoms with Gasteiger partial charge in [0.05, 0.1) is 5.75 Å². The number of hydrogen-bond acceptors (Lipinski definition) is 3. The summed E-state index contributed by atoms with van der Waals surface area (Å²) in [6.07, 6.45) is 1.52. The smallest absolute Gasteiger partial charge is 0.251 e. The number of carbonyl (C=O) groups is 1. The Kier molecular flexibility index (Phi) is 6.16. The molecule has 1 aromatic carbocycles. The molecule has 1 aromatic rings. The van der Waals surface area contributed by atoms with Crippen molar-refractivity contribution in [3.05, 3.63) is 35.4 Å². The largest absolute Gasteiger partial charge is 0.355 e. The maximum Gasteiger partial charge on any atom is 0.251 e. The Bertz CT molecular complexity index is 538. The molecule has 1 N–H and O–H groups in total. The number of rotatable bonds is 7. The van der Waals surface area contributed by atoms with Crippen LogP contribution in [-0.4, -0.2) is 38.5 Å². The summed E-state index contributed by atoms with van der Waals surface area (Å²) in [4.78, 5) is 11.4. The molecular weight excluding hydrogens is 276 g/mol. The lowest BCUT2D eigenvalue weighted by Crippen LogP contribution is -2.28. The first-order chi connectivity index (χ1) is 9.40. The predicted octanol–water partition coefficient (Wildman–Crippen LogP) is 1.61. The van der Waals surface area contributed by atoms with Gasteiger partial charge in [0.1, 0.15) is 0 Å². The van der Waals surface area contributed by atoms with E-state index in [1.807, 2.05) is 6.92 Å². The quantitative estimate of drug-likeness (QED) is 0.831. The van der Waals surface area contributed by atoms with Crippen LogP contribution in [0.4, 0.5) is 0 Å². The molecule has 0 aliphatic rings. The van der Waals surface area contributed by atoms with Gasteiger partial charge in [-0.25, -0.2) is 12.7 Å². The van der Waals surface area contributed by atoms with Crippen LogP contribution in [0.3, 0.4) is 0 Å². The number of unbranched alkanes of at least 4 members (excludes halogenated alkanes) is 1. The SMILES string of the molecule is CCCCS(=O)(=O)N(C)Cc1ccc(C(=O)NC)cc1.